The molecule has 1 rings (SSSR count). The third kappa shape index (κ3) is 3.73. The van der Waals surface area contributed by atoms with Crippen LogP contribution >= 0.6 is 0 Å². The molecule has 0 aliphatic carbocycles. The summed E-state index contributed by atoms with van der Waals surface area (Å²) < 4.78 is 0. The molecule has 5 heteroatoms. The standard InChI is InChI=1S/C14H23N3O2/c1-9-8-16-11(10(2)13(9)17(18)19)6-7-12(15)14(3,4)5/h8,12H,6-7,15H2,1-5H3. The van der Waals surface area contributed by atoms with E-state index in [1.54, 1.807) is 20.0 Å². The second kappa shape index (κ2) is 5.65. The molecule has 0 saturated heterocycles. The average Bonchev–Trinajstić information content (AvgIpc) is 2.25. The summed E-state index contributed by atoms with van der Waals surface area (Å²) in [6.07, 6.45) is 3.02. The van der Waals surface area contributed by atoms with E-state index < -0.39 is 0 Å². The molecule has 0 bridgehead atoms. The van der Waals surface area contributed by atoms with Crippen LogP contribution in [0.25, 0.3) is 0 Å². The van der Waals surface area contributed by atoms with Crippen molar-refractivity contribution >= 4 is 5.69 Å². The number of nitro groups is 1. The fourth-order valence-electron chi connectivity index (χ4n) is 2.02. The van der Waals surface area contributed by atoms with Crippen molar-refractivity contribution in [1.82, 2.24) is 4.98 Å². The number of aryl methyl sites for hydroxylation is 2. The molecule has 1 aromatic heterocycles. The van der Waals surface area contributed by atoms with Crippen LogP contribution in [-0.4, -0.2) is 15.9 Å². The maximum absolute atomic E-state index is 11.0. The Kier molecular flexibility index (Phi) is 4.63. The van der Waals surface area contributed by atoms with Gasteiger partial charge in [0.05, 0.1) is 10.6 Å². The molecule has 1 atom stereocenters. The summed E-state index contributed by atoms with van der Waals surface area (Å²) in [5.74, 6) is 0. The summed E-state index contributed by atoms with van der Waals surface area (Å²) in [5.41, 5.74) is 8.36. The van der Waals surface area contributed by atoms with Crippen LogP contribution in [0.1, 0.15) is 44.0 Å². The van der Waals surface area contributed by atoms with E-state index in [1.165, 1.54) is 0 Å². The highest BCUT2D eigenvalue weighted by molar-refractivity contribution is 5.47. The Hall–Kier alpha value is -1.49. The molecule has 0 aliphatic rings. The van der Waals surface area contributed by atoms with Crippen molar-refractivity contribution in [3.63, 3.8) is 0 Å². The van der Waals surface area contributed by atoms with Gasteiger partial charge < -0.3 is 5.73 Å². The van der Waals surface area contributed by atoms with Gasteiger partial charge in [-0.15, -0.1) is 0 Å². The Bertz CT molecular complexity index is 478. The first-order valence-electron chi connectivity index (χ1n) is 6.49. The monoisotopic (exact) mass is 265 g/mol. The molecule has 106 valence electrons. The van der Waals surface area contributed by atoms with E-state index in [4.69, 9.17) is 5.73 Å². The molecule has 2 N–H and O–H groups in total. The Balaban J connectivity index is 2.92. The normalized spacial score (nSPS) is 13.4. The van der Waals surface area contributed by atoms with Crippen molar-refractivity contribution in [2.45, 2.75) is 53.5 Å². The largest absolute Gasteiger partial charge is 0.327 e. The summed E-state index contributed by atoms with van der Waals surface area (Å²) in [4.78, 5) is 15.0. The first-order chi connectivity index (χ1) is 8.64. The molecule has 0 saturated carbocycles. The first-order valence-corrected chi connectivity index (χ1v) is 6.49. The molecule has 0 spiro atoms. The predicted octanol–water partition coefficient (Wildman–Crippen LogP) is 2.91. The van der Waals surface area contributed by atoms with Crippen LogP contribution in [0.4, 0.5) is 5.69 Å². The zero-order chi connectivity index (χ0) is 14.8. The zero-order valence-electron chi connectivity index (χ0n) is 12.4. The van der Waals surface area contributed by atoms with Gasteiger partial charge in [0.2, 0.25) is 0 Å². The Morgan fingerprint density at radius 2 is 2.00 bits per heavy atom. The van der Waals surface area contributed by atoms with Crippen LogP contribution in [0.5, 0.6) is 0 Å². The van der Waals surface area contributed by atoms with Gasteiger partial charge in [0, 0.05) is 23.4 Å². The van der Waals surface area contributed by atoms with Gasteiger partial charge in [0.15, 0.2) is 0 Å². The fourth-order valence-corrected chi connectivity index (χ4v) is 2.02. The number of nitrogens with zero attached hydrogens (tertiary/aromatic N) is 2. The van der Waals surface area contributed by atoms with Gasteiger partial charge in [0.1, 0.15) is 0 Å². The van der Waals surface area contributed by atoms with Crippen molar-refractivity contribution in [3.05, 3.63) is 33.1 Å². The second-order valence-electron chi connectivity index (χ2n) is 6.13. The number of aromatic nitrogens is 1. The lowest BCUT2D eigenvalue weighted by molar-refractivity contribution is -0.386. The fraction of sp³-hybridized carbons (Fsp3) is 0.643. The smallest absolute Gasteiger partial charge is 0.278 e. The van der Waals surface area contributed by atoms with Gasteiger partial charge in [0.25, 0.3) is 5.69 Å². The van der Waals surface area contributed by atoms with Crippen molar-refractivity contribution in [3.8, 4) is 0 Å². The quantitative estimate of drug-likeness (QED) is 0.670. The third-order valence-electron chi connectivity index (χ3n) is 3.56. The number of hydrogen-bond donors (Lipinski definition) is 1. The first kappa shape index (κ1) is 15.6. The molecule has 5 nitrogen and oxygen atoms in total. The molecule has 1 unspecified atom stereocenters. The topological polar surface area (TPSA) is 82.0 Å². The van der Waals surface area contributed by atoms with Crippen LogP contribution in [-0.2, 0) is 6.42 Å². The lowest BCUT2D eigenvalue weighted by atomic mass is 9.84. The van der Waals surface area contributed by atoms with Crippen molar-refractivity contribution in [2.75, 3.05) is 0 Å². The molecule has 0 radical (unpaired) electrons. The van der Waals surface area contributed by atoms with Crippen molar-refractivity contribution < 1.29 is 4.92 Å². The van der Waals surface area contributed by atoms with Gasteiger partial charge in [-0.05, 0) is 32.1 Å². The number of pyridine rings is 1. The molecular weight excluding hydrogens is 242 g/mol. The molecule has 0 fully saturated rings. The third-order valence-corrected chi connectivity index (χ3v) is 3.56. The van der Waals surface area contributed by atoms with E-state index in [0.29, 0.717) is 17.5 Å². The molecule has 0 amide bonds. The highest BCUT2D eigenvalue weighted by Crippen LogP contribution is 2.26. The van der Waals surface area contributed by atoms with Crippen LogP contribution in [0.2, 0.25) is 0 Å². The van der Waals surface area contributed by atoms with Gasteiger partial charge in [-0.25, -0.2) is 0 Å². The summed E-state index contributed by atoms with van der Waals surface area (Å²) in [7, 11) is 0. The Labute approximate surface area is 114 Å². The minimum absolute atomic E-state index is 0.0323. The summed E-state index contributed by atoms with van der Waals surface area (Å²) >= 11 is 0. The lowest BCUT2D eigenvalue weighted by Gasteiger charge is -2.27. The molecule has 1 aromatic rings. The number of rotatable bonds is 4. The zero-order valence-corrected chi connectivity index (χ0v) is 12.4. The average molecular weight is 265 g/mol. The van der Waals surface area contributed by atoms with Crippen LogP contribution in [0.3, 0.4) is 0 Å². The van der Waals surface area contributed by atoms with Crippen molar-refractivity contribution in [2.24, 2.45) is 11.1 Å². The highest BCUT2D eigenvalue weighted by Gasteiger charge is 2.23. The predicted molar refractivity (Wildman–Crippen MR) is 76.1 cm³/mol. The van der Waals surface area contributed by atoms with Gasteiger partial charge in [-0.3, -0.25) is 15.1 Å². The van der Waals surface area contributed by atoms with E-state index in [-0.39, 0.29) is 22.1 Å². The Morgan fingerprint density at radius 1 is 1.42 bits per heavy atom. The number of nitrogens with two attached hydrogens (primary N) is 1. The summed E-state index contributed by atoms with van der Waals surface area (Å²) in [5, 5.41) is 11.0. The van der Waals surface area contributed by atoms with Gasteiger partial charge in [-0.2, -0.15) is 0 Å². The lowest BCUT2D eigenvalue weighted by Crippen LogP contribution is -2.35. The van der Waals surface area contributed by atoms with E-state index in [9.17, 15) is 10.1 Å². The van der Waals surface area contributed by atoms with E-state index >= 15 is 0 Å². The van der Waals surface area contributed by atoms with Crippen LogP contribution in [0.15, 0.2) is 6.20 Å². The molecule has 1 heterocycles. The molecule has 0 aliphatic heterocycles. The summed E-state index contributed by atoms with van der Waals surface area (Å²) in [6, 6.07) is 0.0501. The molecule has 19 heavy (non-hydrogen) atoms. The minimum Gasteiger partial charge on any atom is -0.327 e. The SMILES string of the molecule is Cc1cnc(CCC(N)C(C)(C)C)c(C)c1[N+](=O)[O-]. The maximum Gasteiger partial charge on any atom is 0.278 e. The second-order valence-corrected chi connectivity index (χ2v) is 6.13. The highest BCUT2D eigenvalue weighted by atomic mass is 16.6. The van der Waals surface area contributed by atoms with E-state index in [2.05, 4.69) is 25.8 Å². The van der Waals surface area contributed by atoms with E-state index in [0.717, 1.165) is 12.1 Å². The van der Waals surface area contributed by atoms with E-state index in [1.807, 2.05) is 0 Å². The van der Waals surface area contributed by atoms with Gasteiger partial charge >= 0.3 is 0 Å². The minimum atomic E-state index is -0.334. The van der Waals surface area contributed by atoms with Gasteiger partial charge in [-0.1, -0.05) is 20.8 Å². The maximum atomic E-state index is 11.0. The van der Waals surface area contributed by atoms with Crippen molar-refractivity contribution in [1.29, 1.82) is 0 Å². The Morgan fingerprint density at radius 3 is 2.47 bits per heavy atom. The summed E-state index contributed by atoms with van der Waals surface area (Å²) in [6.45, 7) is 9.75. The molecular formula is C14H23N3O2. The number of hydrogen-bond acceptors (Lipinski definition) is 4. The van der Waals surface area contributed by atoms with Crippen LogP contribution in [0, 0.1) is 29.4 Å². The van der Waals surface area contributed by atoms with Crippen LogP contribution < -0.4 is 5.73 Å². The molecule has 0 aromatic carbocycles.